The van der Waals surface area contributed by atoms with Crippen molar-refractivity contribution >= 4 is 153 Å². The topological polar surface area (TPSA) is 9.86 Å². The van der Waals surface area contributed by atoms with Gasteiger partial charge in [-0.25, -0.2) is 0 Å². The first-order chi connectivity index (χ1) is 32.2. The number of para-hydroxylation sites is 2. The molecule has 0 atom stereocenters. The van der Waals surface area contributed by atoms with Crippen LogP contribution in [0.5, 0.6) is 0 Å². The average Bonchev–Trinajstić information content (AvgIpc) is 4.04. The molecule has 9 aromatic carbocycles. The van der Waals surface area contributed by atoms with E-state index in [1.54, 1.807) is 0 Å². The highest BCUT2D eigenvalue weighted by Crippen LogP contribution is 2.44. The molecule has 2 aliphatic heterocycles. The molecule has 0 amide bonds. The largest absolute Gasteiger partial charge is 0.310 e. The highest BCUT2D eigenvalue weighted by molar-refractivity contribution is 7.26. The second kappa shape index (κ2) is 12.9. The van der Waals surface area contributed by atoms with E-state index < -0.39 is 0 Å². The van der Waals surface area contributed by atoms with E-state index in [-0.39, 0.29) is 13.4 Å². The Balaban J connectivity index is 1.14. The molecule has 310 valence electrons. The Morgan fingerprint density at radius 1 is 0.333 bits per heavy atom. The van der Waals surface area contributed by atoms with Gasteiger partial charge < -0.3 is 9.13 Å². The minimum atomic E-state index is 0.0402. The fraction of sp³-hybridized carbons (Fsp3) is 0.100. The summed E-state index contributed by atoms with van der Waals surface area (Å²) >= 11 is 3.83. The number of rotatable bonds is 2. The van der Waals surface area contributed by atoms with Gasteiger partial charge in [0.05, 0.1) is 11.0 Å². The van der Waals surface area contributed by atoms with E-state index in [0.29, 0.717) is 0 Å². The van der Waals surface area contributed by atoms with E-state index in [0.717, 1.165) is 0 Å². The van der Waals surface area contributed by atoms with Gasteiger partial charge in [0, 0.05) is 84.3 Å². The number of hydrogen-bond donors (Lipinski definition) is 0. The van der Waals surface area contributed by atoms with Crippen LogP contribution in [0.4, 0.5) is 0 Å². The van der Waals surface area contributed by atoms with Crippen molar-refractivity contribution in [3.63, 3.8) is 0 Å². The average molecular weight is 877 g/mol. The van der Waals surface area contributed by atoms with Crippen LogP contribution in [0, 0.1) is 41.5 Å². The zero-order chi connectivity index (χ0) is 44.0. The fourth-order valence-electron chi connectivity index (χ4n) is 13.3. The van der Waals surface area contributed by atoms with Gasteiger partial charge in [-0.1, -0.05) is 141 Å². The molecule has 6 heterocycles. The third-order valence-electron chi connectivity index (χ3n) is 15.6. The van der Waals surface area contributed by atoms with Crippen LogP contribution in [-0.4, -0.2) is 22.6 Å². The van der Waals surface area contributed by atoms with E-state index in [9.17, 15) is 0 Å². The molecule has 66 heavy (non-hydrogen) atoms. The maximum absolute atomic E-state index is 2.67. The van der Waals surface area contributed by atoms with Crippen LogP contribution >= 0.6 is 22.7 Å². The van der Waals surface area contributed by atoms with Crippen LogP contribution < -0.4 is 32.8 Å². The SMILES string of the molecule is Cc1cc(C)c(B2c3cc4c(cc3-n3c5cc6sc7ccccc7c6cc5c5cccc2c53)B(c2c(C)cc(C)cc2C)c2cccc3c5cc6c(cc5n-4c23)sc2ccccc26)c(C)c1. The summed E-state index contributed by atoms with van der Waals surface area (Å²) in [5.74, 6) is 0. The van der Waals surface area contributed by atoms with Gasteiger partial charge in [0.25, 0.3) is 0 Å². The van der Waals surface area contributed by atoms with E-state index in [2.05, 4.69) is 196 Å². The lowest BCUT2D eigenvalue weighted by Crippen LogP contribution is -2.61. The molecule has 0 fully saturated rings. The summed E-state index contributed by atoms with van der Waals surface area (Å²) in [6.07, 6.45) is 0. The first-order valence-corrected chi connectivity index (χ1v) is 24.9. The molecule has 13 aromatic rings. The van der Waals surface area contributed by atoms with E-state index in [4.69, 9.17) is 0 Å². The first-order valence-electron chi connectivity index (χ1n) is 23.3. The number of nitrogens with zero attached hydrogens (tertiary/aromatic N) is 2. The summed E-state index contributed by atoms with van der Waals surface area (Å²) in [5.41, 5.74) is 24.2. The van der Waals surface area contributed by atoms with Gasteiger partial charge in [-0.2, -0.15) is 0 Å². The van der Waals surface area contributed by atoms with Crippen LogP contribution in [0.15, 0.2) is 146 Å². The second-order valence-electron chi connectivity index (χ2n) is 19.5. The predicted octanol–water partition coefficient (Wildman–Crippen LogP) is 12.1. The lowest BCUT2D eigenvalue weighted by atomic mass is 9.32. The fourth-order valence-corrected chi connectivity index (χ4v) is 15.5. The number of hydrogen-bond acceptors (Lipinski definition) is 2. The molecular formula is C60H42B2N2S2. The summed E-state index contributed by atoms with van der Waals surface area (Å²) in [5, 5.41) is 10.7. The summed E-state index contributed by atoms with van der Waals surface area (Å²) in [6.45, 7) is 13.9. The molecule has 0 radical (unpaired) electrons. The Hall–Kier alpha value is -6.85. The minimum Gasteiger partial charge on any atom is -0.310 e. The number of thiophene rings is 2. The molecule has 2 aliphatic rings. The van der Waals surface area contributed by atoms with Crippen LogP contribution in [0.25, 0.3) is 95.3 Å². The van der Waals surface area contributed by atoms with Crippen molar-refractivity contribution in [1.82, 2.24) is 9.13 Å². The number of aryl methyl sites for hydroxylation is 6. The molecule has 0 saturated carbocycles. The number of aromatic nitrogens is 2. The van der Waals surface area contributed by atoms with E-state index in [1.807, 2.05) is 22.7 Å². The maximum atomic E-state index is 2.67. The first kappa shape index (κ1) is 37.4. The van der Waals surface area contributed by atoms with Crippen molar-refractivity contribution in [2.45, 2.75) is 41.5 Å². The Bertz CT molecular complexity index is 4060. The van der Waals surface area contributed by atoms with Gasteiger partial charge in [-0.15, -0.1) is 22.7 Å². The Labute approximate surface area is 391 Å². The second-order valence-corrected chi connectivity index (χ2v) is 21.7. The van der Waals surface area contributed by atoms with Gasteiger partial charge in [0.15, 0.2) is 0 Å². The molecule has 0 unspecified atom stereocenters. The van der Waals surface area contributed by atoms with Gasteiger partial charge in [0.2, 0.25) is 13.4 Å². The Kier molecular flexibility index (Phi) is 7.33. The zero-order valence-corrected chi connectivity index (χ0v) is 39.4. The monoisotopic (exact) mass is 876 g/mol. The summed E-state index contributed by atoms with van der Waals surface area (Å²) in [6, 6.07) is 57.0. The third-order valence-corrected chi connectivity index (χ3v) is 17.9. The zero-order valence-electron chi connectivity index (χ0n) is 37.7. The molecule has 4 aromatic heterocycles. The van der Waals surface area contributed by atoms with Crippen molar-refractivity contribution in [1.29, 1.82) is 0 Å². The molecule has 0 bridgehead atoms. The molecule has 0 aliphatic carbocycles. The molecular weight excluding hydrogens is 834 g/mol. The van der Waals surface area contributed by atoms with Gasteiger partial charge in [0.1, 0.15) is 0 Å². The van der Waals surface area contributed by atoms with Crippen molar-refractivity contribution in [2.24, 2.45) is 0 Å². The van der Waals surface area contributed by atoms with Crippen molar-refractivity contribution in [3.05, 3.63) is 179 Å². The Morgan fingerprint density at radius 3 is 1.15 bits per heavy atom. The quantitative estimate of drug-likeness (QED) is 0.153. The smallest absolute Gasteiger partial charge is 0.247 e. The molecule has 15 rings (SSSR count). The molecule has 6 heteroatoms. The molecule has 2 nitrogen and oxygen atoms in total. The number of fused-ring (bicyclic) bond motifs is 16. The maximum Gasteiger partial charge on any atom is 0.247 e. The minimum absolute atomic E-state index is 0.0402. The predicted molar refractivity (Wildman–Crippen MR) is 292 cm³/mol. The highest BCUT2D eigenvalue weighted by atomic mass is 32.1. The number of benzene rings is 9. The van der Waals surface area contributed by atoms with Gasteiger partial charge in [-0.3, -0.25) is 0 Å². The van der Waals surface area contributed by atoms with Gasteiger partial charge >= 0.3 is 0 Å². The lowest BCUT2D eigenvalue weighted by molar-refractivity contribution is 1.16. The van der Waals surface area contributed by atoms with Gasteiger partial charge in [-0.05, 0) is 112 Å². The highest BCUT2D eigenvalue weighted by Gasteiger charge is 2.41. The van der Waals surface area contributed by atoms with Crippen LogP contribution in [0.1, 0.15) is 33.4 Å². The van der Waals surface area contributed by atoms with Crippen LogP contribution in [0.3, 0.4) is 0 Å². The lowest BCUT2D eigenvalue weighted by Gasteiger charge is -2.34. The molecule has 0 N–H and O–H groups in total. The summed E-state index contributed by atoms with van der Waals surface area (Å²) in [7, 11) is 0. The van der Waals surface area contributed by atoms with Crippen molar-refractivity contribution in [3.8, 4) is 11.4 Å². The summed E-state index contributed by atoms with van der Waals surface area (Å²) in [4.78, 5) is 0. The normalized spacial score (nSPS) is 13.2. The van der Waals surface area contributed by atoms with Crippen molar-refractivity contribution in [2.75, 3.05) is 0 Å². The van der Waals surface area contributed by atoms with E-state index in [1.165, 1.54) is 161 Å². The van der Waals surface area contributed by atoms with Crippen molar-refractivity contribution < 1.29 is 0 Å². The van der Waals surface area contributed by atoms with Crippen LogP contribution in [0.2, 0.25) is 0 Å². The molecule has 0 saturated heterocycles. The standard InChI is InChI=1S/C60H42B2N2S2/c1-31-21-33(3)57(34(4)22-31)61-45-17-11-15-39-41-25-43-37-13-7-9-19-53(37)65-55(43)29-49(41)63(59(39)45)51-28-48-52(27-47(51)61)64-50-30-56-44(38-14-8-10-20-54(38)66-56)26-42(50)40-16-12-18-46(60(40)64)62(48)58-35(5)23-32(2)24-36(58)6/h7-30H,1-6H3. The summed E-state index contributed by atoms with van der Waals surface area (Å²) < 4.78 is 10.7. The third kappa shape index (κ3) is 4.73. The van der Waals surface area contributed by atoms with Crippen LogP contribution in [-0.2, 0) is 0 Å². The van der Waals surface area contributed by atoms with E-state index >= 15 is 0 Å². The molecule has 0 spiro atoms. The Morgan fingerprint density at radius 2 is 0.727 bits per heavy atom.